The van der Waals surface area contributed by atoms with Gasteiger partial charge in [0.15, 0.2) is 5.69 Å². The lowest BCUT2D eigenvalue weighted by molar-refractivity contribution is 0.0695. The second kappa shape index (κ2) is 7.94. The van der Waals surface area contributed by atoms with E-state index >= 15 is 0 Å². The molecular weight excluding hydrogens is 350 g/mol. The maximum Gasteiger partial charge on any atom is 0.276 e. The van der Waals surface area contributed by atoms with Gasteiger partial charge in [-0.3, -0.25) is 4.79 Å². The van der Waals surface area contributed by atoms with Crippen LogP contribution >= 0.6 is 0 Å². The molecule has 1 fully saturated rings. The number of aryl methyl sites for hydroxylation is 1. The largest absolute Gasteiger partial charge is 0.334 e. The van der Waals surface area contributed by atoms with Crippen molar-refractivity contribution in [3.63, 3.8) is 0 Å². The predicted molar refractivity (Wildman–Crippen MR) is 108 cm³/mol. The molecule has 28 heavy (non-hydrogen) atoms. The van der Waals surface area contributed by atoms with Crippen molar-refractivity contribution in [1.29, 1.82) is 0 Å². The van der Waals surface area contributed by atoms with Gasteiger partial charge in [0.2, 0.25) is 0 Å². The van der Waals surface area contributed by atoms with Crippen LogP contribution < -0.4 is 5.32 Å². The van der Waals surface area contributed by atoms with Gasteiger partial charge in [0, 0.05) is 19.6 Å². The van der Waals surface area contributed by atoms with E-state index in [4.69, 9.17) is 0 Å². The minimum atomic E-state index is -0.0445. The van der Waals surface area contributed by atoms with Crippen LogP contribution in [0.2, 0.25) is 0 Å². The Morgan fingerprint density at radius 3 is 2.64 bits per heavy atom. The lowest BCUT2D eigenvalue weighted by Crippen LogP contribution is -2.48. The standard InChI is InChI=1S/C22H25N5O/c1-16-8-6-7-11-19(16)20-15-26(13-12-23-20)22(28)21-17(2)27(25-24-21)14-18-9-4-3-5-10-18/h3-11,20,23H,12-15H2,1-2H3. The van der Waals surface area contributed by atoms with E-state index in [2.05, 4.69) is 34.7 Å². The van der Waals surface area contributed by atoms with Crippen molar-refractivity contribution in [2.45, 2.75) is 26.4 Å². The van der Waals surface area contributed by atoms with Crippen molar-refractivity contribution in [1.82, 2.24) is 25.2 Å². The molecule has 1 aliphatic heterocycles. The summed E-state index contributed by atoms with van der Waals surface area (Å²) in [5.41, 5.74) is 4.86. The summed E-state index contributed by atoms with van der Waals surface area (Å²) < 4.78 is 1.80. The van der Waals surface area contributed by atoms with Crippen LogP contribution in [0.5, 0.6) is 0 Å². The number of benzene rings is 2. The first-order valence-corrected chi connectivity index (χ1v) is 9.65. The second-order valence-corrected chi connectivity index (χ2v) is 7.28. The first kappa shape index (κ1) is 18.4. The van der Waals surface area contributed by atoms with Crippen molar-refractivity contribution in [2.75, 3.05) is 19.6 Å². The van der Waals surface area contributed by atoms with Gasteiger partial charge < -0.3 is 10.2 Å². The van der Waals surface area contributed by atoms with Gasteiger partial charge in [-0.1, -0.05) is 59.8 Å². The summed E-state index contributed by atoms with van der Waals surface area (Å²) >= 11 is 0. The van der Waals surface area contributed by atoms with Gasteiger partial charge in [0.25, 0.3) is 5.91 Å². The van der Waals surface area contributed by atoms with Crippen molar-refractivity contribution in [2.24, 2.45) is 0 Å². The van der Waals surface area contributed by atoms with Gasteiger partial charge >= 0.3 is 0 Å². The fraction of sp³-hybridized carbons (Fsp3) is 0.318. The molecular formula is C22H25N5O. The maximum atomic E-state index is 13.1. The second-order valence-electron chi connectivity index (χ2n) is 7.28. The van der Waals surface area contributed by atoms with Crippen LogP contribution in [0.1, 0.15) is 38.9 Å². The minimum Gasteiger partial charge on any atom is -0.334 e. The highest BCUT2D eigenvalue weighted by atomic mass is 16.2. The Kier molecular flexibility index (Phi) is 5.21. The number of amides is 1. The SMILES string of the molecule is Cc1ccccc1C1CN(C(=O)c2nnn(Cc3ccccc3)c2C)CCN1. The lowest BCUT2D eigenvalue weighted by atomic mass is 9.99. The van der Waals surface area contributed by atoms with Crippen molar-refractivity contribution in [3.8, 4) is 0 Å². The van der Waals surface area contributed by atoms with E-state index in [9.17, 15) is 4.79 Å². The number of carbonyl (C=O) groups is 1. The summed E-state index contributed by atoms with van der Waals surface area (Å²) in [5.74, 6) is -0.0445. The molecule has 2 heterocycles. The summed E-state index contributed by atoms with van der Waals surface area (Å²) in [6, 6.07) is 18.5. The molecule has 1 unspecified atom stereocenters. The Labute approximate surface area is 165 Å². The molecule has 6 heteroatoms. The number of aromatic nitrogens is 3. The molecule has 1 atom stereocenters. The molecule has 1 saturated heterocycles. The zero-order chi connectivity index (χ0) is 19.5. The summed E-state index contributed by atoms with van der Waals surface area (Å²) in [6.45, 7) is 6.71. The Morgan fingerprint density at radius 2 is 1.86 bits per heavy atom. The molecule has 1 N–H and O–H groups in total. The summed E-state index contributed by atoms with van der Waals surface area (Å²) in [6.07, 6.45) is 0. The lowest BCUT2D eigenvalue weighted by Gasteiger charge is -2.34. The third-order valence-electron chi connectivity index (χ3n) is 5.39. The van der Waals surface area contributed by atoms with Crippen LogP contribution in [0, 0.1) is 13.8 Å². The first-order valence-electron chi connectivity index (χ1n) is 9.65. The van der Waals surface area contributed by atoms with Crippen LogP contribution in [0.15, 0.2) is 54.6 Å². The molecule has 1 aliphatic rings. The number of piperazine rings is 1. The molecule has 0 spiro atoms. The van der Waals surface area contributed by atoms with Crippen LogP contribution in [0.4, 0.5) is 0 Å². The van der Waals surface area contributed by atoms with E-state index < -0.39 is 0 Å². The third-order valence-corrected chi connectivity index (χ3v) is 5.39. The number of hydrogen-bond donors (Lipinski definition) is 1. The predicted octanol–water partition coefficient (Wildman–Crippen LogP) is 2.73. The topological polar surface area (TPSA) is 63.1 Å². The number of hydrogen-bond acceptors (Lipinski definition) is 4. The van der Waals surface area contributed by atoms with Crippen molar-refractivity contribution < 1.29 is 4.79 Å². The van der Waals surface area contributed by atoms with Gasteiger partial charge in [0.05, 0.1) is 18.3 Å². The fourth-order valence-electron chi connectivity index (χ4n) is 3.73. The third kappa shape index (κ3) is 3.68. The molecule has 144 valence electrons. The molecule has 3 aromatic rings. The van der Waals surface area contributed by atoms with Gasteiger partial charge in [0.1, 0.15) is 0 Å². The Bertz CT molecular complexity index is 966. The summed E-state index contributed by atoms with van der Waals surface area (Å²) in [4.78, 5) is 15.0. The Hall–Kier alpha value is -2.99. The van der Waals surface area contributed by atoms with Gasteiger partial charge in [-0.25, -0.2) is 4.68 Å². The van der Waals surface area contributed by atoms with Crippen molar-refractivity contribution >= 4 is 5.91 Å². The maximum absolute atomic E-state index is 13.1. The molecule has 0 radical (unpaired) electrons. The molecule has 4 rings (SSSR count). The van der Waals surface area contributed by atoms with Crippen LogP contribution in [-0.2, 0) is 6.54 Å². The molecule has 0 saturated carbocycles. The zero-order valence-electron chi connectivity index (χ0n) is 16.3. The summed E-state index contributed by atoms with van der Waals surface area (Å²) in [5, 5.41) is 12.0. The highest BCUT2D eigenvalue weighted by molar-refractivity contribution is 5.93. The molecule has 1 aromatic heterocycles. The van der Waals surface area contributed by atoms with E-state index in [-0.39, 0.29) is 11.9 Å². The molecule has 1 amide bonds. The fourth-order valence-corrected chi connectivity index (χ4v) is 3.73. The quantitative estimate of drug-likeness (QED) is 0.762. The Balaban J connectivity index is 1.51. The van der Waals surface area contributed by atoms with Gasteiger partial charge in [-0.05, 0) is 30.5 Å². The first-order chi connectivity index (χ1) is 13.6. The molecule has 0 aliphatic carbocycles. The van der Waals surface area contributed by atoms with Gasteiger partial charge in [-0.15, -0.1) is 5.10 Å². The Morgan fingerprint density at radius 1 is 1.11 bits per heavy atom. The number of nitrogens with zero attached hydrogens (tertiary/aromatic N) is 4. The molecule has 0 bridgehead atoms. The normalized spacial score (nSPS) is 16.9. The zero-order valence-corrected chi connectivity index (χ0v) is 16.3. The van der Waals surface area contributed by atoms with E-state index in [1.165, 1.54) is 11.1 Å². The average molecular weight is 375 g/mol. The minimum absolute atomic E-state index is 0.0445. The van der Waals surface area contributed by atoms with E-state index in [1.54, 1.807) is 4.68 Å². The van der Waals surface area contributed by atoms with E-state index in [1.807, 2.05) is 54.3 Å². The number of rotatable bonds is 4. The van der Waals surface area contributed by atoms with Crippen molar-refractivity contribution in [3.05, 3.63) is 82.7 Å². The number of carbonyl (C=O) groups excluding carboxylic acids is 1. The highest BCUT2D eigenvalue weighted by Gasteiger charge is 2.28. The average Bonchev–Trinajstić information content (AvgIpc) is 3.09. The monoisotopic (exact) mass is 375 g/mol. The van der Waals surface area contributed by atoms with E-state index in [0.29, 0.717) is 25.3 Å². The molecule has 6 nitrogen and oxygen atoms in total. The summed E-state index contributed by atoms with van der Waals surface area (Å²) in [7, 11) is 0. The van der Waals surface area contributed by atoms with Gasteiger partial charge in [-0.2, -0.15) is 0 Å². The van der Waals surface area contributed by atoms with Crippen LogP contribution in [-0.4, -0.2) is 45.4 Å². The smallest absolute Gasteiger partial charge is 0.276 e. The van der Waals surface area contributed by atoms with E-state index in [0.717, 1.165) is 17.8 Å². The highest BCUT2D eigenvalue weighted by Crippen LogP contribution is 2.22. The van der Waals surface area contributed by atoms with Crippen LogP contribution in [0.3, 0.4) is 0 Å². The van der Waals surface area contributed by atoms with Crippen LogP contribution in [0.25, 0.3) is 0 Å². The molecule has 2 aromatic carbocycles. The number of nitrogens with one attached hydrogen (secondary N) is 1.